The van der Waals surface area contributed by atoms with Gasteiger partial charge in [-0.1, -0.05) is 38.1 Å². The number of nitrogens with one attached hydrogen (secondary N) is 1. The third kappa shape index (κ3) is 5.25. The first kappa shape index (κ1) is 20.1. The zero-order valence-corrected chi connectivity index (χ0v) is 17.7. The van der Waals surface area contributed by atoms with Crippen molar-refractivity contribution in [1.29, 1.82) is 0 Å². The first-order valence-corrected chi connectivity index (χ1v) is 10.9. The van der Waals surface area contributed by atoms with Crippen molar-refractivity contribution in [2.45, 2.75) is 45.2 Å². The third-order valence-electron chi connectivity index (χ3n) is 5.96. The Labute approximate surface area is 174 Å². The Kier molecular flexibility index (Phi) is 6.62. The van der Waals surface area contributed by atoms with Crippen molar-refractivity contribution in [2.24, 2.45) is 0 Å². The Hall–Kier alpha value is -2.18. The fourth-order valence-corrected chi connectivity index (χ4v) is 4.11. The molecule has 0 spiro atoms. The van der Waals surface area contributed by atoms with Crippen molar-refractivity contribution in [1.82, 2.24) is 15.3 Å². The number of morpholine rings is 1. The summed E-state index contributed by atoms with van der Waals surface area (Å²) in [5, 5.41) is 3.75. The minimum absolute atomic E-state index is 0.482. The van der Waals surface area contributed by atoms with E-state index in [1.807, 2.05) is 0 Å². The fraction of sp³-hybridized carbons (Fsp3) is 0.565. The molecule has 2 fully saturated rings. The van der Waals surface area contributed by atoms with Gasteiger partial charge in [-0.15, -0.1) is 0 Å². The predicted octanol–water partition coefficient (Wildman–Crippen LogP) is 3.20. The number of benzene rings is 1. The van der Waals surface area contributed by atoms with Crippen molar-refractivity contribution < 1.29 is 4.74 Å². The highest BCUT2D eigenvalue weighted by Gasteiger charge is 2.22. The molecule has 1 atom stereocenters. The smallest absolute Gasteiger partial charge is 0.134 e. The van der Waals surface area contributed by atoms with Crippen molar-refractivity contribution >= 4 is 11.6 Å². The molecule has 3 heterocycles. The molecule has 6 heteroatoms. The van der Waals surface area contributed by atoms with Gasteiger partial charge in [0.25, 0.3) is 0 Å². The molecule has 0 aliphatic carbocycles. The minimum atomic E-state index is 0.482. The predicted molar refractivity (Wildman–Crippen MR) is 118 cm³/mol. The van der Waals surface area contributed by atoms with E-state index < -0.39 is 0 Å². The maximum absolute atomic E-state index is 5.46. The van der Waals surface area contributed by atoms with E-state index in [0.29, 0.717) is 12.0 Å². The van der Waals surface area contributed by atoms with E-state index in [1.165, 1.54) is 24.0 Å². The lowest BCUT2D eigenvalue weighted by Crippen LogP contribution is -2.46. The first-order chi connectivity index (χ1) is 14.2. The molecule has 0 saturated carbocycles. The second-order valence-electron chi connectivity index (χ2n) is 8.40. The molecule has 2 saturated heterocycles. The molecule has 2 aromatic rings. The fourth-order valence-electron chi connectivity index (χ4n) is 4.11. The zero-order chi connectivity index (χ0) is 20.1. The highest BCUT2D eigenvalue weighted by Crippen LogP contribution is 2.22. The van der Waals surface area contributed by atoms with Gasteiger partial charge in [0.15, 0.2) is 0 Å². The van der Waals surface area contributed by atoms with Crippen LogP contribution in [0.4, 0.5) is 11.6 Å². The Morgan fingerprint density at radius 3 is 2.48 bits per heavy atom. The van der Waals surface area contributed by atoms with Gasteiger partial charge in [-0.3, -0.25) is 0 Å². The van der Waals surface area contributed by atoms with E-state index in [-0.39, 0.29) is 0 Å². The van der Waals surface area contributed by atoms with Gasteiger partial charge in [-0.05, 0) is 29.9 Å². The summed E-state index contributed by atoms with van der Waals surface area (Å²) < 4.78 is 5.46. The van der Waals surface area contributed by atoms with Gasteiger partial charge < -0.3 is 19.9 Å². The monoisotopic (exact) mass is 395 g/mol. The van der Waals surface area contributed by atoms with Crippen LogP contribution >= 0.6 is 0 Å². The number of hydrogen-bond acceptors (Lipinski definition) is 6. The number of nitrogens with zero attached hydrogens (tertiary/aromatic N) is 4. The van der Waals surface area contributed by atoms with Crippen LogP contribution in [0.2, 0.25) is 0 Å². The number of rotatable bonds is 6. The van der Waals surface area contributed by atoms with Crippen LogP contribution in [0.3, 0.4) is 0 Å². The number of anilines is 2. The van der Waals surface area contributed by atoms with Gasteiger partial charge in [0.2, 0.25) is 0 Å². The van der Waals surface area contributed by atoms with Crippen LogP contribution in [-0.4, -0.2) is 55.4 Å². The Morgan fingerprint density at radius 1 is 1.03 bits per heavy atom. The maximum Gasteiger partial charge on any atom is 0.134 e. The van der Waals surface area contributed by atoms with Crippen molar-refractivity contribution in [3.63, 3.8) is 0 Å². The van der Waals surface area contributed by atoms with E-state index in [4.69, 9.17) is 4.74 Å². The lowest BCUT2D eigenvalue weighted by molar-refractivity contribution is 0.122. The Balaban J connectivity index is 1.34. The highest BCUT2D eigenvalue weighted by atomic mass is 16.5. The standard InChI is InChI=1S/C23H33N5O/c1-18(2)20-7-5-19(6-8-20)15-24-21-4-3-9-28(16-21)23-14-22(25-17-26-23)27-10-12-29-13-11-27/h5-8,14,17-18,21,24H,3-4,9-13,15-16H2,1-2H3. The summed E-state index contributed by atoms with van der Waals surface area (Å²) in [4.78, 5) is 13.7. The van der Waals surface area contributed by atoms with E-state index in [0.717, 1.165) is 57.6 Å². The molecule has 0 amide bonds. The molecule has 0 radical (unpaired) electrons. The topological polar surface area (TPSA) is 53.5 Å². The average molecular weight is 396 g/mol. The summed E-state index contributed by atoms with van der Waals surface area (Å²) in [6, 6.07) is 11.6. The minimum Gasteiger partial charge on any atom is -0.378 e. The number of ether oxygens (including phenoxy) is 1. The first-order valence-electron chi connectivity index (χ1n) is 10.9. The van der Waals surface area contributed by atoms with Gasteiger partial charge in [0, 0.05) is 44.8 Å². The summed E-state index contributed by atoms with van der Waals surface area (Å²) >= 11 is 0. The van der Waals surface area contributed by atoms with Crippen molar-refractivity contribution in [2.75, 3.05) is 49.2 Å². The van der Waals surface area contributed by atoms with Gasteiger partial charge in [-0.25, -0.2) is 9.97 Å². The van der Waals surface area contributed by atoms with Crippen molar-refractivity contribution in [3.05, 3.63) is 47.8 Å². The molecule has 1 unspecified atom stereocenters. The molecule has 1 aromatic heterocycles. The van der Waals surface area contributed by atoms with E-state index >= 15 is 0 Å². The average Bonchev–Trinajstić information content (AvgIpc) is 2.79. The van der Waals surface area contributed by atoms with E-state index in [1.54, 1.807) is 6.33 Å². The Morgan fingerprint density at radius 2 is 1.76 bits per heavy atom. The maximum atomic E-state index is 5.46. The lowest BCUT2D eigenvalue weighted by atomic mass is 10.0. The summed E-state index contributed by atoms with van der Waals surface area (Å²) in [6.45, 7) is 10.8. The molecule has 6 nitrogen and oxygen atoms in total. The summed E-state index contributed by atoms with van der Waals surface area (Å²) in [6.07, 6.45) is 4.09. The molecule has 2 aliphatic rings. The highest BCUT2D eigenvalue weighted by molar-refractivity contribution is 5.50. The quantitative estimate of drug-likeness (QED) is 0.811. The molecule has 0 bridgehead atoms. The second-order valence-corrected chi connectivity index (χ2v) is 8.40. The lowest BCUT2D eigenvalue weighted by Gasteiger charge is -2.35. The summed E-state index contributed by atoms with van der Waals surface area (Å²) in [5.41, 5.74) is 2.75. The van der Waals surface area contributed by atoms with Gasteiger partial charge in [-0.2, -0.15) is 0 Å². The number of aromatic nitrogens is 2. The third-order valence-corrected chi connectivity index (χ3v) is 5.96. The van der Waals surface area contributed by atoms with E-state index in [2.05, 4.69) is 69.3 Å². The van der Waals surface area contributed by atoms with E-state index in [9.17, 15) is 0 Å². The van der Waals surface area contributed by atoms with Crippen molar-refractivity contribution in [3.8, 4) is 0 Å². The molecule has 29 heavy (non-hydrogen) atoms. The van der Waals surface area contributed by atoms with Crippen LogP contribution in [0.1, 0.15) is 43.7 Å². The van der Waals surface area contributed by atoms with Crippen LogP contribution in [0.15, 0.2) is 36.7 Å². The van der Waals surface area contributed by atoms with Crippen LogP contribution in [0, 0.1) is 0 Å². The number of piperidine rings is 1. The largest absolute Gasteiger partial charge is 0.378 e. The number of hydrogen-bond donors (Lipinski definition) is 1. The SMILES string of the molecule is CC(C)c1ccc(CNC2CCCN(c3cc(N4CCOCC4)ncn3)C2)cc1. The summed E-state index contributed by atoms with van der Waals surface area (Å²) in [7, 11) is 0. The zero-order valence-electron chi connectivity index (χ0n) is 17.7. The normalized spacial score (nSPS) is 20.3. The molecule has 156 valence electrons. The molecule has 1 aromatic carbocycles. The molecular weight excluding hydrogens is 362 g/mol. The molecular formula is C23H33N5O. The molecule has 2 aliphatic heterocycles. The molecule has 1 N–H and O–H groups in total. The van der Waals surface area contributed by atoms with Crippen LogP contribution in [0.5, 0.6) is 0 Å². The van der Waals surface area contributed by atoms with Crippen LogP contribution in [-0.2, 0) is 11.3 Å². The van der Waals surface area contributed by atoms with Gasteiger partial charge >= 0.3 is 0 Å². The Bertz CT molecular complexity index is 773. The van der Waals surface area contributed by atoms with Gasteiger partial charge in [0.1, 0.15) is 18.0 Å². The second kappa shape index (κ2) is 9.55. The van der Waals surface area contributed by atoms with Crippen LogP contribution < -0.4 is 15.1 Å². The van der Waals surface area contributed by atoms with Gasteiger partial charge in [0.05, 0.1) is 13.2 Å². The van der Waals surface area contributed by atoms with Crippen LogP contribution in [0.25, 0.3) is 0 Å². The molecule has 4 rings (SSSR count). The summed E-state index contributed by atoms with van der Waals surface area (Å²) in [5.74, 6) is 2.63.